The molecule has 0 amide bonds. The van der Waals surface area contributed by atoms with Gasteiger partial charge in [0, 0.05) is 0 Å². The zero-order valence-corrected chi connectivity index (χ0v) is 23.9. The van der Waals surface area contributed by atoms with Crippen molar-refractivity contribution in [3.8, 4) is 0 Å². The minimum absolute atomic E-state index is 1.20. The lowest BCUT2D eigenvalue weighted by Crippen LogP contribution is -2.51. The third-order valence-corrected chi connectivity index (χ3v) is 7.54. The lowest BCUT2D eigenvalue weighted by Gasteiger charge is -2.36. The summed E-state index contributed by atoms with van der Waals surface area (Å²) in [4.78, 5) is 0. The van der Waals surface area contributed by atoms with Crippen molar-refractivity contribution in [2.75, 3.05) is 54.4 Å². The number of quaternary nitrogens is 2. The Hall–Kier alpha value is -0.0800. The Labute approximate surface area is 205 Å². The predicted octanol–water partition coefficient (Wildman–Crippen LogP) is 8.98. The smallest absolute Gasteiger partial charge is 0.128 e. The summed E-state index contributed by atoms with van der Waals surface area (Å²) in [6, 6.07) is 0. The molecule has 0 aromatic heterocycles. The van der Waals surface area contributed by atoms with Crippen molar-refractivity contribution < 1.29 is 8.97 Å². The highest BCUT2D eigenvalue weighted by molar-refractivity contribution is 4.50. The number of hydrogen-bond acceptors (Lipinski definition) is 0. The first-order valence-electron chi connectivity index (χ1n) is 15.0. The van der Waals surface area contributed by atoms with Crippen LogP contribution in [0, 0.1) is 0 Å². The normalized spacial score (nSPS) is 12.6. The summed E-state index contributed by atoms with van der Waals surface area (Å²) in [5.41, 5.74) is 0. The molecule has 0 aromatic rings. The average molecular weight is 455 g/mol. The molecule has 0 aliphatic carbocycles. The highest BCUT2D eigenvalue weighted by atomic mass is 15.4. The van der Waals surface area contributed by atoms with E-state index in [9.17, 15) is 0 Å². The van der Waals surface area contributed by atoms with Crippen molar-refractivity contribution in [2.45, 2.75) is 142 Å². The Balaban J connectivity index is 3.61. The third kappa shape index (κ3) is 23.1. The second kappa shape index (κ2) is 21.5. The quantitative estimate of drug-likeness (QED) is 0.0953. The molecule has 0 atom stereocenters. The number of unbranched alkanes of at least 4 members (excludes halogenated alkanes) is 18. The van der Waals surface area contributed by atoms with Gasteiger partial charge in [-0.2, -0.15) is 0 Å². The van der Waals surface area contributed by atoms with Crippen molar-refractivity contribution in [3.05, 3.63) is 0 Å². The van der Waals surface area contributed by atoms with E-state index in [0.29, 0.717) is 0 Å². The summed E-state index contributed by atoms with van der Waals surface area (Å²) in [5.74, 6) is 0. The molecular weight excluding hydrogens is 388 g/mol. The van der Waals surface area contributed by atoms with Crippen LogP contribution in [0.15, 0.2) is 0 Å². The van der Waals surface area contributed by atoms with Gasteiger partial charge >= 0.3 is 0 Å². The van der Waals surface area contributed by atoms with Gasteiger partial charge in [-0.3, -0.25) is 0 Å². The molecule has 0 aliphatic heterocycles. The molecule has 0 unspecified atom stereocenters. The number of likely N-dealkylation sites (N-methyl/N-ethyl adjacent to an activating group) is 2. The molecular formula is C30H66N2+2. The molecule has 0 saturated carbocycles. The van der Waals surface area contributed by atoms with Gasteiger partial charge in [-0.1, -0.05) is 117 Å². The van der Waals surface area contributed by atoms with E-state index in [1.54, 1.807) is 0 Å². The lowest BCUT2D eigenvalue weighted by atomic mass is 10.1. The van der Waals surface area contributed by atoms with Crippen molar-refractivity contribution in [3.63, 3.8) is 0 Å². The standard InChI is InChI=1S/C30H66N2/c1-7-9-11-13-15-17-18-19-20-22-24-26-28-32(5,6)30-29-31(3,4)27-25-23-21-16-14-12-10-8-2/h7-30H2,1-6H3/q+2. The van der Waals surface area contributed by atoms with Gasteiger partial charge < -0.3 is 8.97 Å². The first-order chi connectivity index (χ1) is 15.3. The Morgan fingerprint density at radius 1 is 0.281 bits per heavy atom. The molecule has 2 heteroatoms. The molecule has 0 heterocycles. The number of nitrogens with zero attached hydrogens (tertiary/aromatic N) is 2. The second-order valence-electron chi connectivity index (χ2n) is 12.1. The summed E-state index contributed by atoms with van der Waals surface area (Å²) in [6.45, 7) is 9.96. The van der Waals surface area contributed by atoms with Gasteiger partial charge in [-0.25, -0.2) is 0 Å². The van der Waals surface area contributed by atoms with Crippen LogP contribution in [0.25, 0.3) is 0 Å². The second-order valence-corrected chi connectivity index (χ2v) is 12.1. The van der Waals surface area contributed by atoms with Gasteiger partial charge in [0.1, 0.15) is 13.1 Å². The molecule has 32 heavy (non-hydrogen) atoms. The molecule has 0 N–H and O–H groups in total. The molecule has 194 valence electrons. The zero-order valence-electron chi connectivity index (χ0n) is 23.9. The fourth-order valence-electron chi connectivity index (χ4n) is 4.82. The van der Waals surface area contributed by atoms with Gasteiger partial charge in [-0.05, 0) is 25.7 Å². The summed E-state index contributed by atoms with van der Waals surface area (Å²) in [7, 11) is 9.81. The van der Waals surface area contributed by atoms with Gasteiger partial charge in [0.05, 0.1) is 41.3 Å². The summed E-state index contributed by atoms with van der Waals surface area (Å²) in [6.07, 6.45) is 28.8. The Morgan fingerprint density at radius 3 is 0.750 bits per heavy atom. The third-order valence-electron chi connectivity index (χ3n) is 7.54. The van der Waals surface area contributed by atoms with E-state index in [-0.39, 0.29) is 0 Å². The Kier molecular flexibility index (Phi) is 21.4. The maximum absolute atomic E-state index is 2.45. The fraction of sp³-hybridized carbons (Fsp3) is 1.00. The van der Waals surface area contributed by atoms with E-state index >= 15 is 0 Å². The molecule has 0 saturated heterocycles. The van der Waals surface area contributed by atoms with E-state index in [0.717, 1.165) is 0 Å². The molecule has 0 spiro atoms. The summed E-state index contributed by atoms with van der Waals surface area (Å²) >= 11 is 0. The van der Waals surface area contributed by atoms with Gasteiger partial charge in [0.2, 0.25) is 0 Å². The van der Waals surface area contributed by atoms with Gasteiger partial charge in [0.15, 0.2) is 0 Å². The first kappa shape index (κ1) is 31.9. The maximum Gasteiger partial charge on any atom is 0.128 e. The van der Waals surface area contributed by atoms with Crippen molar-refractivity contribution in [1.29, 1.82) is 0 Å². The minimum Gasteiger partial charge on any atom is -0.324 e. The van der Waals surface area contributed by atoms with E-state index in [1.165, 1.54) is 164 Å². The molecule has 2 nitrogen and oxygen atoms in total. The first-order valence-corrected chi connectivity index (χ1v) is 15.0. The van der Waals surface area contributed by atoms with E-state index < -0.39 is 0 Å². The SMILES string of the molecule is CCCCCCCCCCCCCC[N+](C)(C)CC[N+](C)(C)CCCCCCCCCC. The largest absolute Gasteiger partial charge is 0.324 e. The highest BCUT2D eigenvalue weighted by Gasteiger charge is 2.22. The summed E-state index contributed by atoms with van der Waals surface area (Å²) < 4.78 is 2.41. The zero-order chi connectivity index (χ0) is 24.0. The van der Waals surface area contributed by atoms with Crippen LogP contribution in [0.3, 0.4) is 0 Å². The van der Waals surface area contributed by atoms with Crippen LogP contribution >= 0.6 is 0 Å². The lowest BCUT2D eigenvalue weighted by molar-refractivity contribution is -0.946. The molecule has 0 aliphatic rings. The number of hydrogen-bond donors (Lipinski definition) is 0. The average Bonchev–Trinajstić information content (AvgIpc) is 2.75. The van der Waals surface area contributed by atoms with Crippen LogP contribution in [0.1, 0.15) is 142 Å². The molecule has 0 fully saturated rings. The Morgan fingerprint density at radius 2 is 0.500 bits per heavy atom. The minimum atomic E-state index is 1.20. The number of rotatable bonds is 25. The van der Waals surface area contributed by atoms with Crippen LogP contribution in [0.5, 0.6) is 0 Å². The van der Waals surface area contributed by atoms with Crippen molar-refractivity contribution in [1.82, 2.24) is 0 Å². The van der Waals surface area contributed by atoms with Crippen LogP contribution < -0.4 is 0 Å². The fourth-order valence-corrected chi connectivity index (χ4v) is 4.82. The van der Waals surface area contributed by atoms with E-state index in [4.69, 9.17) is 0 Å². The predicted molar refractivity (Wildman–Crippen MR) is 147 cm³/mol. The monoisotopic (exact) mass is 455 g/mol. The maximum atomic E-state index is 2.45. The van der Waals surface area contributed by atoms with Crippen LogP contribution in [0.2, 0.25) is 0 Å². The molecule has 0 aromatic carbocycles. The van der Waals surface area contributed by atoms with Gasteiger partial charge in [-0.15, -0.1) is 0 Å². The van der Waals surface area contributed by atoms with Gasteiger partial charge in [0.25, 0.3) is 0 Å². The van der Waals surface area contributed by atoms with E-state index in [2.05, 4.69) is 42.0 Å². The van der Waals surface area contributed by atoms with Crippen LogP contribution in [0.4, 0.5) is 0 Å². The van der Waals surface area contributed by atoms with Crippen LogP contribution in [-0.4, -0.2) is 63.3 Å². The van der Waals surface area contributed by atoms with Crippen molar-refractivity contribution in [2.24, 2.45) is 0 Å². The Bertz CT molecular complexity index is 375. The molecule has 0 radical (unpaired) electrons. The van der Waals surface area contributed by atoms with Crippen molar-refractivity contribution >= 4 is 0 Å². The topological polar surface area (TPSA) is 0 Å². The molecule has 0 bridgehead atoms. The molecule has 0 rings (SSSR count). The highest BCUT2D eigenvalue weighted by Crippen LogP contribution is 2.14. The van der Waals surface area contributed by atoms with E-state index in [1.807, 2.05) is 0 Å². The summed E-state index contributed by atoms with van der Waals surface area (Å²) in [5, 5.41) is 0. The van der Waals surface area contributed by atoms with Crippen LogP contribution in [-0.2, 0) is 0 Å².